The smallest absolute Gasteiger partial charge is 0.306 e. The number of rotatable bonds is 4. The second kappa shape index (κ2) is 6.23. The summed E-state index contributed by atoms with van der Waals surface area (Å²) in [5, 5.41) is 0. The minimum atomic E-state index is -0.0506. The molecule has 0 spiro atoms. The van der Waals surface area contributed by atoms with Crippen molar-refractivity contribution >= 4 is 5.97 Å². The Kier molecular flexibility index (Phi) is 5.23. The highest BCUT2D eigenvalue weighted by Crippen LogP contribution is 2.34. The van der Waals surface area contributed by atoms with Gasteiger partial charge < -0.3 is 4.74 Å². The van der Waals surface area contributed by atoms with Gasteiger partial charge >= 0.3 is 5.97 Å². The SMILES string of the molecule is C=C(C)[C@H]1CC[C@H](C)C[C@H]1OC(=O)CC(C)C. The fourth-order valence-electron chi connectivity index (χ4n) is 2.57. The zero-order valence-electron chi connectivity index (χ0n) is 11.7. The van der Waals surface area contributed by atoms with E-state index < -0.39 is 0 Å². The molecule has 0 heterocycles. The van der Waals surface area contributed by atoms with Gasteiger partial charge in [-0.2, -0.15) is 0 Å². The summed E-state index contributed by atoms with van der Waals surface area (Å²) < 4.78 is 5.65. The number of ether oxygens (including phenoxy) is 1. The standard InChI is InChI=1S/C15H26O2/c1-10(2)8-15(16)17-14-9-12(5)6-7-13(14)11(3)4/h10,12-14H,3,6-9H2,1-2,4-5H3/t12-,13+,14+/m0/s1. The number of carbonyl (C=O) groups excluding carboxylic acids is 1. The molecule has 0 radical (unpaired) electrons. The molecule has 0 aromatic rings. The van der Waals surface area contributed by atoms with Gasteiger partial charge in [-0.3, -0.25) is 4.79 Å². The van der Waals surface area contributed by atoms with Crippen molar-refractivity contribution < 1.29 is 9.53 Å². The lowest BCUT2D eigenvalue weighted by Crippen LogP contribution is -2.33. The molecule has 0 N–H and O–H groups in total. The van der Waals surface area contributed by atoms with Crippen LogP contribution in [0.25, 0.3) is 0 Å². The molecule has 0 unspecified atom stereocenters. The van der Waals surface area contributed by atoms with Crippen molar-refractivity contribution in [1.29, 1.82) is 0 Å². The number of esters is 1. The van der Waals surface area contributed by atoms with Gasteiger partial charge in [-0.05, 0) is 38.0 Å². The van der Waals surface area contributed by atoms with Gasteiger partial charge in [-0.25, -0.2) is 0 Å². The molecule has 1 aliphatic carbocycles. The average molecular weight is 238 g/mol. The largest absolute Gasteiger partial charge is 0.462 e. The van der Waals surface area contributed by atoms with Crippen LogP contribution in [-0.2, 0) is 9.53 Å². The van der Waals surface area contributed by atoms with Crippen molar-refractivity contribution in [3.05, 3.63) is 12.2 Å². The molecule has 1 fully saturated rings. The third kappa shape index (κ3) is 4.53. The van der Waals surface area contributed by atoms with Crippen LogP contribution in [0.2, 0.25) is 0 Å². The van der Waals surface area contributed by atoms with Crippen LogP contribution < -0.4 is 0 Å². The van der Waals surface area contributed by atoms with Crippen LogP contribution in [0.15, 0.2) is 12.2 Å². The van der Waals surface area contributed by atoms with Crippen LogP contribution in [0.4, 0.5) is 0 Å². The van der Waals surface area contributed by atoms with Gasteiger partial charge in [0.2, 0.25) is 0 Å². The third-order valence-corrected chi connectivity index (χ3v) is 3.54. The first-order valence-corrected chi connectivity index (χ1v) is 6.75. The highest BCUT2D eigenvalue weighted by atomic mass is 16.5. The zero-order chi connectivity index (χ0) is 13.0. The highest BCUT2D eigenvalue weighted by molar-refractivity contribution is 5.69. The topological polar surface area (TPSA) is 26.3 Å². The van der Waals surface area contributed by atoms with Crippen LogP contribution >= 0.6 is 0 Å². The van der Waals surface area contributed by atoms with Crippen LogP contribution in [0, 0.1) is 17.8 Å². The molecule has 3 atom stereocenters. The zero-order valence-corrected chi connectivity index (χ0v) is 11.7. The van der Waals surface area contributed by atoms with Crippen LogP contribution in [0.5, 0.6) is 0 Å². The van der Waals surface area contributed by atoms with Crippen molar-refractivity contribution in [1.82, 2.24) is 0 Å². The van der Waals surface area contributed by atoms with E-state index in [4.69, 9.17) is 4.74 Å². The number of hydrogen-bond acceptors (Lipinski definition) is 2. The fraction of sp³-hybridized carbons (Fsp3) is 0.800. The molecule has 1 saturated carbocycles. The maximum Gasteiger partial charge on any atom is 0.306 e. The lowest BCUT2D eigenvalue weighted by Gasteiger charge is -2.34. The van der Waals surface area contributed by atoms with E-state index in [1.807, 2.05) is 20.8 Å². The first-order chi connectivity index (χ1) is 7.90. The fourth-order valence-corrected chi connectivity index (χ4v) is 2.57. The second-order valence-corrected chi connectivity index (χ2v) is 6.00. The van der Waals surface area contributed by atoms with E-state index in [0.717, 1.165) is 18.4 Å². The molecular weight excluding hydrogens is 212 g/mol. The predicted molar refractivity (Wildman–Crippen MR) is 70.7 cm³/mol. The van der Waals surface area contributed by atoms with Crippen molar-refractivity contribution in [2.24, 2.45) is 17.8 Å². The molecule has 0 aromatic heterocycles. The Bertz CT molecular complexity index is 281. The quantitative estimate of drug-likeness (QED) is 0.547. The monoisotopic (exact) mass is 238 g/mol. The molecule has 0 saturated heterocycles. The third-order valence-electron chi connectivity index (χ3n) is 3.54. The van der Waals surface area contributed by atoms with Crippen molar-refractivity contribution in [3.8, 4) is 0 Å². The van der Waals surface area contributed by atoms with Gasteiger partial charge in [0, 0.05) is 12.3 Å². The molecule has 0 aromatic carbocycles. The Balaban J connectivity index is 2.57. The van der Waals surface area contributed by atoms with E-state index in [1.165, 1.54) is 6.42 Å². The van der Waals surface area contributed by atoms with Gasteiger partial charge in [0.05, 0.1) is 0 Å². The van der Waals surface area contributed by atoms with Crippen LogP contribution in [0.3, 0.4) is 0 Å². The molecule has 0 bridgehead atoms. The van der Waals surface area contributed by atoms with Gasteiger partial charge in [0.15, 0.2) is 0 Å². The minimum Gasteiger partial charge on any atom is -0.462 e. The molecule has 98 valence electrons. The first-order valence-electron chi connectivity index (χ1n) is 6.75. The lowest BCUT2D eigenvalue weighted by atomic mass is 9.77. The molecule has 1 rings (SSSR count). The van der Waals surface area contributed by atoms with E-state index in [9.17, 15) is 4.79 Å². The predicted octanol–water partition coefficient (Wildman–Crippen LogP) is 3.96. The highest BCUT2D eigenvalue weighted by Gasteiger charge is 2.31. The summed E-state index contributed by atoms with van der Waals surface area (Å²) in [6.45, 7) is 12.4. The van der Waals surface area contributed by atoms with Crippen molar-refractivity contribution in [2.45, 2.75) is 59.5 Å². The molecule has 2 nitrogen and oxygen atoms in total. The maximum absolute atomic E-state index is 11.7. The Morgan fingerprint density at radius 1 is 1.41 bits per heavy atom. The summed E-state index contributed by atoms with van der Waals surface area (Å²) in [7, 11) is 0. The van der Waals surface area contributed by atoms with E-state index in [1.54, 1.807) is 0 Å². The van der Waals surface area contributed by atoms with Crippen LogP contribution in [-0.4, -0.2) is 12.1 Å². The Morgan fingerprint density at radius 2 is 2.06 bits per heavy atom. The molecule has 1 aliphatic rings. The lowest BCUT2D eigenvalue weighted by molar-refractivity contribution is -0.154. The Hall–Kier alpha value is -0.790. The molecule has 17 heavy (non-hydrogen) atoms. The number of hydrogen-bond donors (Lipinski definition) is 0. The Morgan fingerprint density at radius 3 is 2.59 bits per heavy atom. The van der Waals surface area contributed by atoms with Crippen molar-refractivity contribution in [3.63, 3.8) is 0 Å². The molecule has 0 amide bonds. The first kappa shape index (κ1) is 14.3. The normalized spacial score (nSPS) is 29.1. The van der Waals surface area contributed by atoms with Crippen LogP contribution in [0.1, 0.15) is 53.4 Å². The number of carbonyl (C=O) groups is 1. The summed E-state index contributed by atoms with van der Waals surface area (Å²) in [6.07, 6.45) is 3.89. The summed E-state index contributed by atoms with van der Waals surface area (Å²) in [4.78, 5) is 11.7. The molecule has 2 heteroatoms. The summed E-state index contributed by atoms with van der Waals surface area (Å²) >= 11 is 0. The van der Waals surface area contributed by atoms with E-state index in [-0.39, 0.29) is 12.1 Å². The molecule has 0 aliphatic heterocycles. The van der Waals surface area contributed by atoms with E-state index in [2.05, 4.69) is 13.5 Å². The van der Waals surface area contributed by atoms with Gasteiger partial charge in [-0.15, -0.1) is 0 Å². The van der Waals surface area contributed by atoms with Gasteiger partial charge in [-0.1, -0.05) is 32.9 Å². The van der Waals surface area contributed by atoms with Gasteiger partial charge in [0.25, 0.3) is 0 Å². The molecular formula is C15H26O2. The summed E-state index contributed by atoms with van der Waals surface area (Å²) in [6, 6.07) is 0. The average Bonchev–Trinajstić information content (AvgIpc) is 2.15. The summed E-state index contributed by atoms with van der Waals surface area (Å²) in [5.41, 5.74) is 1.15. The second-order valence-electron chi connectivity index (χ2n) is 6.00. The Labute approximate surface area is 105 Å². The maximum atomic E-state index is 11.7. The van der Waals surface area contributed by atoms with E-state index in [0.29, 0.717) is 24.2 Å². The summed E-state index contributed by atoms with van der Waals surface area (Å²) in [5.74, 6) is 1.34. The van der Waals surface area contributed by atoms with Gasteiger partial charge in [0.1, 0.15) is 6.10 Å². The van der Waals surface area contributed by atoms with E-state index >= 15 is 0 Å². The van der Waals surface area contributed by atoms with Crippen molar-refractivity contribution in [2.75, 3.05) is 0 Å². The minimum absolute atomic E-state index is 0.0506.